The number of hydrogen-bond acceptors (Lipinski definition) is 5. The summed E-state index contributed by atoms with van der Waals surface area (Å²) in [4.78, 5) is 4.78. The van der Waals surface area contributed by atoms with Crippen molar-refractivity contribution in [2.45, 2.75) is 36.6 Å². The normalized spacial score (nSPS) is 13.7. The molecule has 0 aliphatic heterocycles. The van der Waals surface area contributed by atoms with Gasteiger partial charge in [0.05, 0.1) is 11.4 Å². The topological polar surface area (TPSA) is 56.7 Å². The van der Waals surface area contributed by atoms with Crippen LogP contribution in [0.5, 0.6) is 0 Å². The van der Waals surface area contributed by atoms with Crippen LogP contribution < -0.4 is 0 Å². The third kappa shape index (κ3) is 3.70. The van der Waals surface area contributed by atoms with Crippen molar-refractivity contribution < 1.29 is 8.91 Å². The Hall–Kier alpha value is -2.93. The molecule has 2 aromatic carbocycles. The Balaban J connectivity index is 1.36. The average molecular weight is 406 g/mol. The van der Waals surface area contributed by atoms with Crippen LogP contribution in [0.3, 0.4) is 0 Å². The van der Waals surface area contributed by atoms with Gasteiger partial charge in [0.25, 0.3) is 0 Å². The second-order valence-corrected chi connectivity index (χ2v) is 8.10. The molecule has 29 heavy (non-hydrogen) atoms. The van der Waals surface area contributed by atoms with Crippen molar-refractivity contribution in [3.8, 4) is 17.0 Å². The Morgan fingerprint density at radius 1 is 1.10 bits per heavy atom. The highest BCUT2D eigenvalue weighted by molar-refractivity contribution is 7.98. The zero-order chi connectivity index (χ0) is 19.8. The molecule has 1 aliphatic carbocycles. The van der Waals surface area contributed by atoms with E-state index in [9.17, 15) is 4.39 Å². The Morgan fingerprint density at radius 2 is 1.86 bits per heavy atom. The Kier molecular flexibility index (Phi) is 4.67. The lowest BCUT2D eigenvalue weighted by molar-refractivity contribution is 0.426. The van der Waals surface area contributed by atoms with Gasteiger partial charge < -0.3 is 4.52 Å². The summed E-state index contributed by atoms with van der Waals surface area (Å²) in [6, 6.07) is 16.4. The second kappa shape index (κ2) is 7.48. The van der Waals surface area contributed by atoms with E-state index in [4.69, 9.17) is 14.6 Å². The van der Waals surface area contributed by atoms with Gasteiger partial charge in [-0.15, -0.1) is 5.10 Å². The van der Waals surface area contributed by atoms with E-state index in [-0.39, 0.29) is 5.82 Å². The molecule has 1 saturated carbocycles. The number of aromatic nitrogens is 4. The van der Waals surface area contributed by atoms with Gasteiger partial charge in [-0.25, -0.2) is 14.1 Å². The van der Waals surface area contributed by atoms with Crippen LogP contribution in [0.1, 0.15) is 35.8 Å². The molecular weight excluding hydrogens is 387 g/mol. The van der Waals surface area contributed by atoms with Crippen LogP contribution in [0, 0.1) is 12.7 Å². The van der Waals surface area contributed by atoms with E-state index in [1.54, 1.807) is 23.9 Å². The smallest absolute Gasteiger partial charge is 0.209 e. The maximum atomic E-state index is 13.2. The highest BCUT2D eigenvalue weighted by Gasteiger charge is 2.30. The van der Waals surface area contributed by atoms with Gasteiger partial charge in [0.15, 0.2) is 5.76 Å². The van der Waals surface area contributed by atoms with E-state index in [0.717, 1.165) is 33.5 Å². The molecule has 2 aromatic heterocycles. The van der Waals surface area contributed by atoms with Crippen LogP contribution in [0.4, 0.5) is 4.39 Å². The molecule has 2 heterocycles. The van der Waals surface area contributed by atoms with Crippen molar-refractivity contribution in [3.05, 3.63) is 77.5 Å². The van der Waals surface area contributed by atoms with Crippen molar-refractivity contribution in [2.24, 2.45) is 0 Å². The third-order valence-electron chi connectivity index (χ3n) is 5.02. The first-order chi connectivity index (χ1) is 14.2. The number of halogens is 1. The first-order valence-corrected chi connectivity index (χ1v) is 10.5. The zero-order valence-electron chi connectivity index (χ0n) is 15.9. The van der Waals surface area contributed by atoms with E-state index in [0.29, 0.717) is 17.4 Å². The van der Waals surface area contributed by atoms with Crippen molar-refractivity contribution in [2.75, 3.05) is 0 Å². The molecule has 0 spiro atoms. The van der Waals surface area contributed by atoms with E-state index in [1.807, 2.05) is 41.9 Å². The van der Waals surface area contributed by atoms with Gasteiger partial charge in [0.2, 0.25) is 5.16 Å². The summed E-state index contributed by atoms with van der Waals surface area (Å²) < 4.78 is 20.7. The molecule has 5 nitrogen and oxygen atoms in total. The van der Waals surface area contributed by atoms with Crippen LogP contribution in [-0.2, 0) is 5.75 Å². The number of para-hydroxylation sites is 1. The lowest BCUT2D eigenvalue weighted by Crippen LogP contribution is -2.01. The Bertz CT molecular complexity index is 1130. The zero-order valence-corrected chi connectivity index (χ0v) is 16.7. The second-order valence-electron chi connectivity index (χ2n) is 7.15. The summed E-state index contributed by atoms with van der Waals surface area (Å²) in [5, 5.41) is 9.68. The third-order valence-corrected chi connectivity index (χ3v) is 5.87. The van der Waals surface area contributed by atoms with Crippen LogP contribution in [-0.4, -0.2) is 19.9 Å². The minimum absolute atomic E-state index is 0.270. The molecule has 0 N–H and O–H groups in total. The monoisotopic (exact) mass is 406 g/mol. The number of hydrogen-bond donors (Lipinski definition) is 0. The highest BCUT2D eigenvalue weighted by Crippen LogP contribution is 2.40. The van der Waals surface area contributed by atoms with Crippen molar-refractivity contribution in [3.63, 3.8) is 0 Å². The van der Waals surface area contributed by atoms with Gasteiger partial charge in [-0.2, -0.15) is 0 Å². The maximum absolute atomic E-state index is 13.2. The summed E-state index contributed by atoms with van der Waals surface area (Å²) in [5.41, 5.74) is 3.65. The standard InChI is InChI=1S/C22H19FN4OS/c1-14-19(26-28-20(14)15-9-11-17(23)12-10-15)13-29-22-24-21(16-7-8-16)27(25-22)18-5-3-2-4-6-18/h2-6,9-12,16H,7-8,13H2,1H3. The van der Waals surface area contributed by atoms with Gasteiger partial charge in [-0.1, -0.05) is 35.1 Å². The lowest BCUT2D eigenvalue weighted by atomic mass is 10.1. The van der Waals surface area contributed by atoms with Crippen LogP contribution in [0.2, 0.25) is 0 Å². The van der Waals surface area contributed by atoms with Crippen molar-refractivity contribution in [1.29, 1.82) is 0 Å². The Morgan fingerprint density at radius 3 is 2.59 bits per heavy atom. The molecule has 0 saturated heterocycles. The molecule has 1 aliphatic rings. The summed E-state index contributed by atoms with van der Waals surface area (Å²) >= 11 is 1.55. The van der Waals surface area contributed by atoms with Crippen LogP contribution in [0.15, 0.2) is 64.3 Å². The molecule has 0 amide bonds. The minimum Gasteiger partial charge on any atom is -0.356 e. The van der Waals surface area contributed by atoms with Gasteiger partial charge in [-0.3, -0.25) is 0 Å². The van der Waals surface area contributed by atoms with Gasteiger partial charge in [-0.05, 0) is 56.2 Å². The number of nitrogens with zero attached hydrogens (tertiary/aromatic N) is 4. The first-order valence-electron chi connectivity index (χ1n) is 9.55. The van der Waals surface area contributed by atoms with E-state index in [2.05, 4.69) is 5.16 Å². The first kappa shape index (κ1) is 18.1. The van der Waals surface area contributed by atoms with E-state index in [1.165, 1.54) is 25.0 Å². The number of thioether (sulfide) groups is 1. The quantitative estimate of drug-likeness (QED) is 0.394. The summed E-state index contributed by atoms with van der Waals surface area (Å²) in [5.74, 6) is 2.54. The summed E-state index contributed by atoms with van der Waals surface area (Å²) in [6.45, 7) is 1.97. The fourth-order valence-electron chi connectivity index (χ4n) is 3.24. The molecule has 5 rings (SSSR count). The molecule has 7 heteroatoms. The lowest BCUT2D eigenvalue weighted by Gasteiger charge is -2.03. The van der Waals surface area contributed by atoms with Crippen molar-refractivity contribution in [1.82, 2.24) is 19.9 Å². The highest BCUT2D eigenvalue weighted by atomic mass is 32.2. The van der Waals surface area contributed by atoms with Crippen LogP contribution >= 0.6 is 11.8 Å². The fraction of sp³-hybridized carbons (Fsp3) is 0.227. The SMILES string of the molecule is Cc1c(CSc2nc(C3CC3)n(-c3ccccc3)n2)noc1-c1ccc(F)cc1. The minimum atomic E-state index is -0.270. The molecule has 146 valence electrons. The number of benzene rings is 2. The largest absolute Gasteiger partial charge is 0.356 e. The van der Waals surface area contributed by atoms with Gasteiger partial charge in [0.1, 0.15) is 11.6 Å². The molecule has 4 aromatic rings. The summed E-state index contributed by atoms with van der Waals surface area (Å²) in [6.07, 6.45) is 2.33. The molecule has 0 bridgehead atoms. The van der Waals surface area contributed by atoms with Crippen molar-refractivity contribution >= 4 is 11.8 Å². The predicted molar refractivity (Wildman–Crippen MR) is 110 cm³/mol. The van der Waals surface area contributed by atoms with E-state index < -0.39 is 0 Å². The van der Waals surface area contributed by atoms with Gasteiger partial charge in [0, 0.05) is 22.8 Å². The molecular formula is C22H19FN4OS. The molecule has 0 atom stereocenters. The fourth-order valence-corrected chi connectivity index (χ4v) is 4.07. The molecule has 0 radical (unpaired) electrons. The molecule has 1 fully saturated rings. The maximum Gasteiger partial charge on any atom is 0.209 e. The predicted octanol–water partition coefficient (Wildman–Crippen LogP) is 5.54. The van der Waals surface area contributed by atoms with E-state index >= 15 is 0 Å². The average Bonchev–Trinajstić information content (AvgIpc) is 3.41. The van der Waals surface area contributed by atoms with Crippen LogP contribution in [0.25, 0.3) is 17.0 Å². The Labute approximate surface area is 172 Å². The van der Waals surface area contributed by atoms with Gasteiger partial charge >= 0.3 is 0 Å². The molecule has 0 unspecified atom stereocenters. The summed E-state index contributed by atoms with van der Waals surface area (Å²) in [7, 11) is 0. The number of rotatable bonds is 6.